The van der Waals surface area contributed by atoms with Crippen LogP contribution >= 0.6 is 23.2 Å². The van der Waals surface area contributed by atoms with Crippen molar-refractivity contribution in [2.75, 3.05) is 13.7 Å². The van der Waals surface area contributed by atoms with E-state index in [1.807, 2.05) is 24.3 Å². The summed E-state index contributed by atoms with van der Waals surface area (Å²) in [4.78, 5) is 12.1. The van der Waals surface area contributed by atoms with Gasteiger partial charge in [0.2, 0.25) is 0 Å². The van der Waals surface area contributed by atoms with Crippen LogP contribution in [0.15, 0.2) is 42.5 Å². The highest BCUT2D eigenvalue weighted by atomic mass is 35.5. The maximum absolute atomic E-state index is 12.1. The lowest BCUT2D eigenvalue weighted by Gasteiger charge is -2.16. The maximum atomic E-state index is 12.1. The van der Waals surface area contributed by atoms with Gasteiger partial charge >= 0.3 is 0 Å². The number of carbonyl (C=O) groups excluding carboxylic acids is 1. The van der Waals surface area contributed by atoms with E-state index in [1.54, 1.807) is 32.2 Å². The van der Waals surface area contributed by atoms with Crippen LogP contribution in [0, 0.1) is 0 Å². The summed E-state index contributed by atoms with van der Waals surface area (Å²) in [6.07, 6.45) is 0.0530. The molecular formula is C18H19Cl2NO3. The molecule has 0 bridgehead atoms. The second kappa shape index (κ2) is 8.81. The van der Waals surface area contributed by atoms with Crippen LogP contribution in [0.25, 0.3) is 0 Å². The number of methoxy groups -OCH3 is 1. The predicted molar refractivity (Wildman–Crippen MR) is 96.3 cm³/mol. The number of benzene rings is 2. The molecule has 2 rings (SSSR count). The number of hydrogen-bond acceptors (Lipinski definition) is 3. The fourth-order valence-electron chi connectivity index (χ4n) is 2.08. The van der Waals surface area contributed by atoms with E-state index >= 15 is 0 Å². The van der Waals surface area contributed by atoms with Crippen molar-refractivity contribution in [3.05, 3.63) is 58.1 Å². The Bertz CT molecular complexity index is 689. The Labute approximate surface area is 151 Å². The number of rotatable bonds is 7. The van der Waals surface area contributed by atoms with Gasteiger partial charge in [0.05, 0.1) is 12.1 Å². The van der Waals surface area contributed by atoms with Crippen molar-refractivity contribution in [1.82, 2.24) is 5.32 Å². The third-order valence-electron chi connectivity index (χ3n) is 3.44. The van der Waals surface area contributed by atoms with Gasteiger partial charge in [-0.15, -0.1) is 0 Å². The fourth-order valence-corrected chi connectivity index (χ4v) is 2.40. The average Bonchev–Trinajstić information content (AvgIpc) is 2.58. The van der Waals surface area contributed by atoms with Crippen molar-refractivity contribution in [2.45, 2.75) is 19.4 Å². The van der Waals surface area contributed by atoms with Gasteiger partial charge in [-0.3, -0.25) is 4.79 Å². The Hall–Kier alpha value is -1.91. The highest BCUT2D eigenvalue weighted by Crippen LogP contribution is 2.28. The third-order valence-corrected chi connectivity index (χ3v) is 3.99. The monoisotopic (exact) mass is 367 g/mol. The summed E-state index contributed by atoms with van der Waals surface area (Å²) >= 11 is 11.9. The highest BCUT2D eigenvalue weighted by molar-refractivity contribution is 6.34. The van der Waals surface area contributed by atoms with E-state index in [0.29, 0.717) is 22.3 Å². The molecule has 24 heavy (non-hydrogen) atoms. The van der Waals surface area contributed by atoms with Crippen molar-refractivity contribution in [1.29, 1.82) is 0 Å². The molecule has 4 nitrogen and oxygen atoms in total. The van der Waals surface area contributed by atoms with Gasteiger partial charge in [-0.25, -0.2) is 0 Å². The second-order valence-corrected chi connectivity index (χ2v) is 6.07. The minimum Gasteiger partial charge on any atom is -0.497 e. The molecule has 1 atom stereocenters. The van der Waals surface area contributed by atoms with E-state index in [0.717, 1.165) is 17.7 Å². The third kappa shape index (κ3) is 5.32. The molecule has 6 heteroatoms. The lowest BCUT2D eigenvalue weighted by atomic mass is 10.1. The minimum absolute atomic E-state index is 0.209. The molecule has 0 heterocycles. The Morgan fingerprint density at radius 3 is 2.54 bits per heavy atom. The first-order valence-electron chi connectivity index (χ1n) is 7.52. The van der Waals surface area contributed by atoms with Crippen molar-refractivity contribution in [3.63, 3.8) is 0 Å². The number of ether oxygens (including phenoxy) is 2. The molecule has 128 valence electrons. The maximum Gasteiger partial charge on any atom is 0.260 e. The van der Waals surface area contributed by atoms with Gasteiger partial charge in [-0.1, -0.05) is 35.3 Å². The molecular weight excluding hydrogens is 349 g/mol. The van der Waals surface area contributed by atoms with Crippen LogP contribution in [0.4, 0.5) is 0 Å². The number of nitrogens with one attached hydrogen (secondary N) is 1. The molecule has 0 radical (unpaired) electrons. The molecule has 1 amide bonds. The second-order valence-electron chi connectivity index (χ2n) is 5.22. The van der Waals surface area contributed by atoms with E-state index < -0.39 is 6.10 Å². The Morgan fingerprint density at radius 2 is 1.88 bits per heavy atom. The van der Waals surface area contributed by atoms with E-state index in [9.17, 15) is 4.79 Å². The summed E-state index contributed by atoms with van der Waals surface area (Å²) in [5, 5.41) is 3.76. The van der Waals surface area contributed by atoms with Crippen LogP contribution in [-0.4, -0.2) is 25.7 Å². The first kappa shape index (κ1) is 18.4. The molecule has 0 aliphatic heterocycles. The SMILES string of the molecule is COc1ccc(CCNC(=O)[C@@H](C)Oc2cc(Cl)ccc2Cl)cc1. The summed E-state index contributed by atoms with van der Waals surface area (Å²) < 4.78 is 10.7. The summed E-state index contributed by atoms with van der Waals surface area (Å²) in [5.74, 6) is 0.990. The number of halogens is 2. The Morgan fingerprint density at radius 1 is 1.17 bits per heavy atom. The van der Waals surface area contributed by atoms with Crippen molar-refractivity contribution in [3.8, 4) is 11.5 Å². The van der Waals surface area contributed by atoms with Gasteiger partial charge in [0.1, 0.15) is 11.5 Å². The Kier molecular flexibility index (Phi) is 6.76. The van der Waals surface area contributed by atoms with Gasteiger partial charge in [-0.2, -0.15) is 0 Å². The summed E-state index contributed by atoms with van der Waals surface area (Å²) in [5.41, 5.74) is 1.11. The van der Waals surface area contributed by atoms with Crippen LogP contribution in [-0.2, 0) is 11.2 Å². The first-order valence-corrected chi connectivity index (χ1v) is 8.27. The average molecular weight is 368 g/mol. The van der Waals surface area contributed by atoms with Crippen molar-refractivity contribution in [2.24, 2.45) is 0 Å². The molecule has 0 saturated heterocycles. The predicted octanol–water partition coefficient (Wildman–Crippen LogP) is 4.13. The van der Waals surface area contributed by atoms with Gasteiger partial charge in [0, 0.05) is 17.6 Å². The highest BCUT2D eigenvalue weighted by Gasteiger charge is 2.16. The molecule has 1 N–H and O–H groups in total. The normalized spacial score (nSPS) is 11.7. The zero-order valence-corrected chi connectivity index (χ0v) is 15.0. The van der Waals surface area contributed by atoms with Crippen LogP contribution < -0.4 is 14.8 Å². The van der Waals surface area contributed by atoms with E-state index in [2.05, 4.69) is 5.32 Å². The van der Waals surface area contributed by atoms with E-state index in [4.69, 9.17) is 32.7 Å². The van der Waals surface area contributed by atoms with E-state index in [-0.39, 0.29) is 5.91 Å². The number of amides is 1. The smallest absolute Gasteiger partial charge is 0.260 e. The quantitative estimate of drug-likeness (QED) is 0.800. The minimum atomic E-state index is -0.670. The molecule has 0 aromatic heterocycles. The summed E-state index contributed by atoms with van der Waals surface area (Å²) in [6, 6.07) is 12.6. The lowest BCUT2D eigenvalue weighted by molar-refractivity contribution is -0.127. The molecule has 0 saturated carbocycles. The number of hydrogen-bond donors (Lipinski definition) is 1. The molecule has 2 aromatic carbocycles. The van der Waals surface area contributed by atoms with Crippen molar-refractivity contribution >= 4 is 29.1 Å². The number of carbonyl (C=O) groups is 1. The van der Waals surface area contributed by atoms with Gasteiger partial charge in [-0.05, 0) is 43.2 Å². The largest absolute Gasteiger partial charge is 0.497 e. The topological polar surface area (TPSA) is 47.6 Å². The molecule has 0 spiro atoms. The zero-order chi connectivity index (χ0) is 17.5. The lowest BCUT2D eigenvalue weighted by Crippen LogP contribution is -2.37. The van der Waals surface area contributed by atoms with Crippen LogP contribution in [0.5, 0.6) is 11.5 Å². The summed E-state index contributed by atoms with van der Waals surface area (Å²) in [6.45, 7) is 2.18. The van der Waals surface area contributed by atoms with Crippen LogP contribution in [0.3, 0.4) is 0 Å². The van der Waals surface area contributed by atoms with E-state index in [1.165, 1.54) is 0 Å². The first-order chi connectivity index (χ1) is 11.5. The van der Waals surface area contributed by atoms with Crippen LogP contribution in [0.1, 0.15) is 12.5 Å². The molecule has 0 aliphatic carbocycles. The van der Waals surface area contributed by atoms with Crippen molar-refractivity contribution < 1.29 is 14.3 Å². The van der Waals surface area contributed by atoms with Gasteiger partial charge in [0.25, 0.3) is 5.91 Å². The summed E-state index contributed by atoms with van der Waals surface area (Å²) in [7, 11) is 1.63. The fraction of sp³-hybridized carbons (Fsp3) is 0.278. The Balaban J connectivity index is 1.81. The standard InChI is InChI=1S/C18H19Cl2NO3/c1-12(24-17-11-14(19)5-8-16(17)20)18(22)21-10-9-13-3-6-15(23-2)7-4-13/h3-8,11-12H,9-10H2,1-2H3,(H,21,22)/t12-/m1/s1. The molecule has 2 aromatic rings. The molecule has 0 unspecified atom stereocenters. The zero-order valence-electron chi connectivity index (χ0n) is 13.5. The van der Waals surface area contributed by atoms with Gasteiger partial charge in [0.15, 0.2) is 6.10 Å². The van der Waals surface area contributed by atoms with Crippen LogP contribution in [0.2, 0.25) is 10.0 Å². The molecule has 0 fully saturated rings. The molecule has 0 aliphatic rings. The van der Waals surface area contributed by atoms with Gasteiger partial charge < -0.3 is 14.8 Å².